The maximum Gasteiger partial charge on any atom is 0.370 e. The van der Waals surface area contributed by atoms with Crippen LogP contribution in [0, 0.1) is 0 Å². The van der Waals surface area contributed by atoms with E-state index in [1.54, 1.807) is 0 Å². The molecule has 0 saturated carbocycles. The monoisotopic (exact) mass is 680 g/mol. The van der Waals surface area contributed by atoms with Crippen LogP contribution in [0.1, 0.15) is 195 Å². The minimum atomic E-state index is -1.05. The number of unbranched alkanes of at least 4 members (excludes halogenated alkanes) is 20. The van der Waals surface area contributed by atoms with E-state index in [1.165, 1.54) is 103 Å². The molecule has 2 atom stereocenters. The Morgan fingerprint density at radius 2 is 0.667 bits per heavy atom. The van der Waals surface area contributed by atoms with E-state index in [1.807, 2.05) is 0 Å². The minimum Gasteiger partial charge on any atom is -0.381 e. The molecule has 0 aliphatic rings. The van der Waals surface area contributed by atoms with Gasteiger partial charge in [-0.1, -0.05) is 169 Å². The Hall–Kier alpha value is -0.506. The van der Waals surface area contributed by atoms with E-state index in [0.29, 0.717) is 26.1 Å². The van der Waals surface area contributed by atoms with Crippen molar-refractivity contribution in [1.82, 2.24) is 0 Å². The fourth-order valence-electron chi connectivity index (χ4n) is 4.66. The van der Waals surface area contributed by atoms with E-state index in [2.05, 4.69) is 37.5 Å². The van der Waals surface area contributed by atoms with Crippen LogP contribution in [0.3, 0.4) is 0 Å². The Bertz CT molecular complexity index is 543. The molecule has 9 heteroatoms. The van der Waals surface area contributed by atoms with Crippen molar-refractivity contribution in [3.8, 4) is 0 Å². The van der Waals surface area contributed by atoms with Gasteiger partial charge < -0.3 is 10.2 Å². The van der Waals surface area contributed by atoms with Crippen molar-refractivity contribution >= 4 is 11.9 Å². The second kappa shape index (κ2) is 41.5. The van der Waals surface area contributed by atoms with Crippen molar-refractivity contribution in [2.75, 3.05) is 13.2 Å². The molecule has 0 spiro atoms. The summed E-state index contributed by atoms with van der Waals surface area (Å²) in [5, 5.41) is 19.3. The van der Waals surface area contributed by atoms with Crippen LogP contribution >= 0.6 is 0 Å². The molecule has 2 N–H and O–H groups in total. The van der Waals surface area contributed by atoms with Crippen LogP contribution in [-0.4, -0.2) is 47.6 Å². The molecule has 0 rings (SSSR count). The molecule has 45 heavy (non-hydrogen) atoms. The van der Waals surface area contributed by atoms with Gasteiger partial charge >= 0.3 is 11.9 Å². The third-order valence-corrected chi connectivity index (χ3v) is 7.65. The van der Waals surface area contributed by atoms with Crippen LogP contribution in [0.2, 0.25) is 0 Å². The van der Waals surface area contributed by atoms with Crippen molar-refractivity contribution in [3.05, 3.63) is 0 Å². The summed E-state index contributed by atoms with van der Waals surface area (Å²) in [7, 11) is 0. The molecule has 0 saturated heterocycles. The van der Waals surface area contributed by atoms with Crippen LogP contribution in [0.15, 0.2) is 0 Å². The maximum atomic E-state index is 11.5. The summed E-state index contributed by atoms with van der Waals surface area (Å²) in [6, 6.07) is 0. The summed E-state index contributed by atoms with van der Waals surface area (Å²) in [6.45, 7) is 9.59. The van der Waals surface area contributed by atoms with E-state index < -0.39 is 24.1 Å². The van der Waals surface area contributed by atoms with Gasteiger partial charge in [0.15, 0.2) is 12.2 Å². The number of aliphatic hydroxyl groups excluding tert-OH is 2. The molecule has 0 radical (unpaired) electrons. The van der Waals surface area contributed by atoms with Gasteiger partial charge in [0.25, 0.3) is 0 Å². The number of aliphatic hydroxyl groups is 2. The second-order valence-corrected chi connectivity index (χ2v) is 12.1. The third-order valence-electron chi connectivity index (χ3n) is 7.65. The number of carbonyl (C=O) groups excluding carboxylic acids is 2. The number of hydrogen-bond donors (Lipinski definition) is 2. The standard InChI is InChI=1S/2C18H36O4.Ti/c2*1-3-5-7-9-11-13-15-17(19)18(20)22-21-16-14-12-10-8-6-4-2;/h2*17,19H,3-16H2,1-2H3;. The topological polar surface area (TPSA) is 112 Å². The molecule has 2 unspecified atom stereocenters. The molecule has 0 aromatic heterocycles. The Labute approximate surface area is 292 Å². The van der Waals surface area contributed by atoms with E-state index in [9.17, 15) is 19.8 Å². The third kappa shape index (κ3) is 39.6. The molecule has 0 heterocycles. The summed E-state index contributed by atoms with van der Waals surface area (Å²) in [5.74, 6) is -1.31. The number of hydrogen-bond acceptors (Lipinski definition) is 8. The summed E-state index contributed by atoms with van der Waals surface area (Å²) in [4.78, 5) is 42.0. The van der Waals surface area contributed by atoms with Crippen molar-refractivity contribution in [1.29, 1.82) is 0 Å². The summed E-state index contributed by atoms with van der Waals surface area (Å²) in [5.41, 5.74) is 0. The quantitative estimate of drug-likeness (QED) is 0.0313. The van der Waals surface area contributed by atoms with Crippen molar-refractivity contribution < 1.29 is 61.1 Å². The minimum absolute atomic E-state index is 0. The molecule has 8 nitrogen and oxygen atoms in total. The van der Waals surface area contributed by atoms with E-state index >= 15 is 0 Å². The van der Waals surface area contributed by atoms with Crippen LogP contribution in [0.5, 0.6) is 0 Å². The SMILES string of the molecule is CCCCCCCCOOC(=O)C(O)CCCCCCCC.CCCCCCCCOOC(=O)C(O)CCCCCCCC.[Ti]. The first-order chi connectivity index (χ1) is 21.4. The summed E-state index contributed by atoms with van der Waals surface area (Å²) >= 11 is 0. The van der Waals surface area contributed by atoms with Gasteiger partial charge in [-0.05, 0) is 25.7 Å². The molecule has 0 bridgehead atoms. The predicted molar refractivity (Wildman–Crippen MR) is 179 cm³/mol. The van der Waals surface area contributed by atoms with Crippen molar-refractivity contribution in [2.45, 2.75) is 207 Å². The molecule has 0 fully saturated rings. The van der Waals surface area contributed by atoms with Crippen molar-refractivity contribution in [3.63, 3.8) is 0 Å². The zero-order valence-electron chi connectivity index (χ0n) is 29.8. The molecule has 0 amide bonds. The zero-order chi connectivity index (χ0) is 32.9. The first-order valence-electron chi connectivity index (χ1n) is 18.5. The van der Waals surface area contributed by atoms with Crippen LogP contribution in [0.25, 0.3) is 0 Å². The molecular formula is C36H72O8Ti. The van der Waals surface area contributed by atoms with Gasteiger partial charge in [-0.2, -0.15) is 9.78 Å². The molecule has 0 aliphatic heterocycles. The van der Waals surface area contributed by atoms with Gasteiger partial charge in [-0.25, -0.2) is 9.59 Å². The molecule has 0 aromatic carbocycles. The van der Waals surface area contributed by atoms with Crippen LogP contribution < -0.4 is 0 Å². The average molecular weight is 681 g/mol. The Kier molecular flexibility index (Phi) is 45.1. The van der Waals surface area contributed by atoms with Gasteiger partial charge in [-0.15, -0.1) is 0 Å². The first-order valence-corrected chi connectivity index (χ1v) is 18.5. The van der Waals surface area contributed by atoms with Gasteiger partial charge in [0.05, 0.1) is 13.2 Å². The van der Waals surface area contributed by atoms with Gasteiger partial charge in [0, 0.05) is 21.7 Å². The first kappa shape index (κ1) is 48.9. The summed E-state index contributed by atoms with van der Waals surface area (Å²) in [6.07, 6.45) is 26.4. The Morgan fingerprint density at radius 1 is 0.422 bits per heavy atom. The van der Waals surface area contributed by atoms with Gasteiger partial charge in [0.2, 0.25) is 0 Å². The molecule has 268 valence electrons. The van der Waals surface area contributed by atoms with Gasteiger partial charge in [-0.3, -0.25) is 9.78 Å². The fourth-order valence-corrected chi connectivity index (χ4v) is 4.66. The van der Waals surface area contributed by atoms with Crippen LogP contribution in [-0.2, 0) is 50.9 Å². The second-order valence-electron chi connectivity index (χ2n) is 12.1. The fraction of sp³-hybridized carbons (Fsp3) is 0.944. The predicted octanol–water partition coefficient (Wildman–Crippen LogP) is 9.86. The van der Waals surface area contributed by atoms with Crippen molar-refractivity contribution in [2.24, 2.45) is 0 Å². The van der Waals surface area contributed by atoms with Gasteiger partial charge in [0.1, 0.15) is 0 Å². The largest absolute Gasteiger partial charge is 0.381 e. The Balaban J connectivity index is -0.000000767. The molecular weight excluding hydrogens is 608 g/mol. The average Bonchev–Trinajstić information content (AvgIpc) is 3.03. The summed E-state index contributed by atoms with van der Waals surface area (Å²) < 4.78 is 0. The Morgan fingerprint density at radius 3 is 0.956 bits per heavy atom. The number of carbonyl (C=O) groups is 2. The maximum absolute atomic E-state index is 11.5. The smallest absolute Gasteiger partial charge is 0.370 e. The van der Waals surface area contributed by atoms with E-state index in [0.717, 1.165) is 51.4 Å². The molecule has 0 aromatic rings. The normalized spacial score (nSPS) is 12.0. The van der Waals surface area contributed by atoms with Crippen LogP contribution in [0.4, 0.5) is 0 Å². The van der Waals surface area contributed by atoms with E-state index in [4.69, 9.17) is 9.78 Å². The molecule has 0 aliphatic carbocycles. The van der Waals surface area contributed by atoms with E-state index in [-0.39, 0.29) is 21.7 Å². The number of rotatable bonds is 32. The zero-order valence-corrected chi connectivity index (χ0v) is 31.4.